The summed E-state index contributed by atoms with van der Waals surface area (Å²) in [5.74, 6) is 0.132. The lowest BCUT2D eigenvalue weighted by atomic mass is 10.2. The van der Waals surface area contributed by atoms with Crippen molar-refractivity contribution in [2.24, 2.45) is 0 Å². The molecule has 0 aliphatic carbocycles. The van der Waals surface area contributed by atoms with Gasteiger partial charge in [-0.25, -0.2) is 0 Å². The van der Waals surface area contributed by atoms with Gasteiger partial charge in [-0.1, -0.05) is 30.3 Å². The van der Waals surface area contributed by atoms with E-state index in [1.54, 1.807) is 17.7 Å². The molecule has 0 radical (unpaired) electrons. The third kappa shape index (κ3) is 4.95. The number of rotatable bonds is 7. The van der Waals surface area contributed by atoms with E-state index in [9.17, 15) is 9.59 Å². The highest BCUT2D eigenvalue weighted by atomic mass is 16.5. The first-order chi connectivity index (χ1) is 12.6. The number of nitrogens with one attached hydrogen (secondary N) is 1. The minimum Gasteiger partial charge on any atom is -0.483 e. The molecule has 0 bridgehead atoms. The first kappa shape index (κ1) is 18.2. The van der Waals surface area contributed by atoms with Crippen molar-refractivity contribution in [1.29, 1.82) is 0 Å². The summed E-state index contributed by atoms with van der Waals surface area (Å²) in [5, 5.41) is 2.89. The fraction of sp³-hybridized carbons (Fsp3) is 0.400. The number of ether oxygens (including phenoxy) is 2. The molecule has 1 aliphatic heterocycles. The highest BCUT2D eigenvalue weighted by Gasteiger charge is 2.16. The second kappa shape index (κ2) is 8.67. The second-order valence-electron chi connectivity index (χ2n) is 6.48. The number of hydrogen-bond acceptors (Lipinski definition) is 4. The third-order valence-electron chi connectivity index (χ3n) is 4.41. The van der Waals surface area contributed by atoms with Crippen LogP contribution < -0.4 is 15.5 Å². The van der Waals surface area contributed by atoms with Gasteiger partial charge in [0.15, 0.2) is 5.75 Å². The van der Waals surface area contributed by atoms with E-state index in [2.05, 4.69) is 5.32 Å². The zero-order valence-electron chi connectivity index (χ0n) is 14.9. The maximum absolute atomic E-state index is 12.2. The molecule has 0 saturated carbocycles. The molecular formula is C20H24N2O4. The lowest BCUT2D eigenvalue weighted by molar-refractivity contribution is -0.122. The summed E-state index contributed by atoms with van der Waals surface area (Å²) in [6.07, 6.45) is 3.74. The van der Waals surface area contributed by atoms with E-state index in [1.165, 1.54) is 6.07 Å². The number of carbonyl (C=O) groups is 1. The Bertz CT molecular complexity index is 795. The zero-order valence-corrected chi connectivity index (χ0v) is 14.9. The van der Waals surface area contributed by atoms with Gasteiger partial charge in [0, 0.05) is 24.9 Å². The van der Waals surface area contributed by atoms with Gasteiger partial charge in [-0.15, -0.1) is 0 Å². The molecule has 3 rings (SSSR count). The van der Waals surface area contributed by atoms with Gasteiger partial charge in [0.2, 0.25) is 11.3 Å². The van der Waals surface area contributed by atoms with Crippen LogP contribution in [-0.4, -0.2) is 29.7 Å². The Hall–Kier alpha value is -2.60. The molecule has 1 N–H and O–H groups in total. The standard InChI is InChI=1S/C20H24N2O4/c1-15-10-18(23)19(26-14-16-6-3-2-4-7-16)12-22(15)13-20(24)21-11-17-8-5-9-25-17/h2-4,6-7,10,12,17H,5,8-9,11,13-14H2,1H3,(H,21,24)/t17-/m1/s1. The highest BCUT2D eigenvalue weighted by molar-refractivity contribution is 5.75. The van der Waals surface area contributed by atoms with Crippen molar-refractivity contribution < 1.29 is 14.3 Å². The van der Waals surface area contributed by atoms with Crippen LogP contribution in [0.3, 0.4) is 0 Å². The van der Waals surface area contributed by atoms with E-state index in [4.69, 9.17) is 9.47 Å². The van der Waals surface area contributed by atoms with Crippen molar-refractivity contribution in [3.63, 3.8) is 0 Å². The summed E-state index contributed by atoms with van der Waals surface area (Å²) in [5.41, 5.74) is 1.51. The fourth-order valence-electron chi connectivity index (χ4n) is 2.91. The molecule has 1 saturated heterocycles. The maximum atomic E-state index is 12.2. The van der Waals surface area contributed by atoms with E-state index in [1.807, 2.05) is 30.3 Å². The van der Waals surface area contributed by atoms with E-state index < -0.39 is 0 Å². The molecule has 2 heterocycles. The normalized spacial score (nSPS) is 16.4. The number of amides is 1. The lowest BCUT2D eigenvalue weighted by Crippen LogP contribution is -2.34. The van der Waals surface area contributed by atoms with Crippen LogP contribution in [-0.2, 0) is 22.7 Å². The van der Waals surface area contributed by atoms with Crippen molar-refractivity contribution >= 4 is 5.91 Å². The summed E-state index contributed by atoms with van der Waals surface area (Å²) in [4.78, 5) is 24.3. The van der Waals surface area contributed by atoms with Crippen LogP contribution in [0.4, 0.5) is 0 Å². The van der Waals surface area contributed by atoms with E-state index in [0.29, 0.717) is 18.8 Å². The summed E-state index contributed by atoms with van der Waals surface area (Å²) >= 11 is 0. The van der Waals surface area contributed by atoms with E-state index in [0.717, 1.165) is 25.0 Å². The van der Waals surface area contributed by atoms with Gasteiger partial charge in [-0.3, -0.25) is 9.59 Å². The van der Waals surface area contributed by atoms with Gasteiger partial charge in [0.1, 0.15) is 13.2 Å². The van der Waals surface area contributed by atoms with Crippen LogP contribution in [0.5, 0.6) is 5.75 Å². The van der Waals surface area contributed by atoms with Crippen molar-refractivity contribution in [2.45, 2.75) is 39.0 Å². The summed E-state index contributed by atoms with van der Waals surface area (Å²) in [6.45, 7) is 3.54. The molecule has 138 valence electrons. The molecule has 0 unspecified atom stereocenters. The number of pyridine rings is 1. The summed E-state index contributed by atoms with van der Waals surface area (Å²) < 4.78 is 12.9. The summed E-state index contributed by atoms with van der Waals surface area (Å²) in [6, 6.07) is 11.1. The molecule has 1 fully saturated rings. The molecule has 1 amide bonds. The van der Waals surface area contributed by atoms with Crippen molar-refractivity contribution in [3.05, 3.63) is 64.1 Å². The maximum Gasteiger partial charge on any atom is 0.240 e. The first-order valence-electron chi connectivity index (χ1n) is 8.88. The number of hydrogen-bond donors (Lipinski definition) is 1. The van der Waals surface area contributed by atoms with Gasteiger partial charge < -0.3 is 19.4 Å². The molecule has 2 aromatic rings. The topological polar surface area (TPSA) is 69.6 Å². The summed E-state index contributed by atoms with van der Waals surface area (Å²) in [7, 11) is 0. The second-order valence-corrected chi connectivity index (χ2v) is 6.48. The van der Waals surface area contributed by atoms with Crippen molar-refractivity contribution in [1.82, 2.24) is 9.88 Å². The highest BCUT2D eigenvalue weighted by Crippen LogP contribution is 2.11. The van der Waals surface area contributed by atoms with Gasteiger partial charge in [0.05, 0.1) is 12.3 Å². The SMILES string of the molecule is Cc1cc(=O)c(OCc2ccccc2)cn1CC(=O)NC[C@H]1CCCO1. The van der Waals surface area contributed by atoms with Gasteiger partial charge in [-0.05, 0) is 25.3 Å². The molecule has 1 aromatic carbocycles. The number of nitrogens with zero attached hydrogens (tertiary/aromatic N) is 1. The minimum absolute atomic E-state index is 0.110. The average molecular weight is 356 g/mol. The average Bonchev–Trinajstić information content (AvgIpc) is 3.16. The zero-order chi connectivity index (χ0) is 18.4. The largest absolute Gasteiger partial charge is 0.483 e. The molecule has 26 heavy (non-hydrogen) atoms. The molecule has 6 nitrogen and oxygen atoms in total. The first-order valence-corrected chi connectivity index (χ1v) is 8.88. The molecule has 6 heteroatoms. The lowest BCUT2D eigenvalue weighted by Gasteiger charge is -2.15. The Balaban J connectivity index is 1.61. The van der Waals surface area contributed by atoms with Crippen LogP contribution in [0.1, 0.15) is 24.1 Å². The number of carbonyl (C=O) groups excluding carboxylic acids is 1. The van der Waals surface area contributed by atoms with Crippen molar-refractivity contribution in [3.8, 4) is 5.75 Å². The van der Waals surface area contributed by atoms with E-state index in [-0.39, 0.29) is 29.7 Å². The third-order valence-corrected chi connectivity index (χ3v) is 4.41. The van der Waals surface area contributed by atoms with Crippen molar-refractivity contribution in [2.75, 3.05) is 13.2 Å². The predicted octanol–water partition coefficient (Wildman–Crippen LogP) is 2.03. The Labute approximate surface area is 152 Å². The van der Waals surface area contributed by atoms with Gasteiger partial charge >= 0.3 is 0 Å². The quantitative estimate of drug-likeness (QED) is 0.824. The Kier molecular flexibility index (Phi) is 6.07. The number of aryl methyl sites for hydroxylation is 1. The molecule has 0 spiro atoms. The smallest absolute Gasteiger partial charge is 0.240 e. The Morgan fingerprint density at radius 3 is 2.88 bits per heavy atom. The van der Waals surface area contributed by atoms with Crippen LogP contribution in [0.15, 0.2) is 47.4 Å². The monoisotopic (exact) mass is 356 g/mol. The molecule has 1 atom stereocenters. The van der Waals surface area contributed by atoms with Crippen LogP contribution in [0.2, 0.25) is 0 Å². The molecule has 1 aliphatic rings. The fourth-order valence-corrected chi connectivity index (χ4v) is 2.91. The number of benzene rings is 1. The van der Waals surface area contributed by atoms with Crippen LogP contribution in [0.25, 0.3) is 0 Å². The minimum atomic E-state index is -0.186. The Morgan fingerprint density at radius 2 is 2.15 bits per heavy atom. The van der Waals surface area contributed by atoms with E-state index >= 15 is 0 Å². The molecular weight excluding hydrogens is 332 g/mol. The van der Waals surface area contributed by atoms with Crippen LogP contribution >= 0.6 is 0 Å². The van der Waals surface area contributed by atoms with Crippen LogP contribution in [0, 0.1) is 6.92 Å². The predicted molar refractivity (Wildman–Crippen MR) is 98.2 cm³/mol. The Morgan fingerprint density at radius 1 is 1.35 bits per heavy atom. The van der Waals surface area contributed by atoms with Gasteiger partial charge in [0.25, 0.3) is 0 Å². The van der Waals surface area contributed by atoms with Gasteiger partial charge in [-0.2, -0.15) is 0 Å². The molecule has 1 aromatic heterocycles. The number of aromatic nitrogens is 1.